The Balaban J connectivity index is 1.07. The van der Waals surface area contributed by atoms with Gasteiger partial charge in [-0.3, -0.25) is 9.55 Å². The van der Waals surface area contributed by atoms with Gasteiger partial charge in [-0.15, -0.1) is 0 Å². The number of fused-ring (bicyclic) bond motifs is 5. The smallest absolute Gasteiger partial charge is 0.137 e. The molecule has 0 N–H and O–H groups in total. The van der Waals surface area contributed by atoms with Crippen molar-refractivity contribution in [3.8, 4) is 17.3 Å². The second kappa shape index (κ2) is 11.2. The number of para-hydroxylation sites is 2. The van der Waals surface area contributed by atoms with Crippen molar-refractivity contribution in [3.05, 3.63) is 145 Å². The Morgan fingerprint density at radius 3 is 2.39 bits per heavy atom. The SMILES string of the molecule is CC(C)(C)c1ccnc(-n2c3ccccc3c3ccc(Oc4cccc(N5CN(c6ccc7ccccc7n6)c6ccncc65)c4)cc32)c1. The monoisotopic (exact) mass is 638 g/mol. The van der Waals surface area contributed by atoms with Gasteiger partial charge in [0.2, 0.25) is 0 Å². The summed E-state index contributed by atoms with van der Waals surface area (Å²) >= 11 is 0. The zero-order valence-electron chi connectivity index (χ0n) is 27.6. The first-order valence-corrected chi connectivity index (χ1v) is 16.5. The van der Waals surface area contributed by atoms with Crippen LogP contribution in [0.4, 0.5) is 22.9 Å². The highest BCUT2D eigenvalue weighted by Crippen LogP contribution is 2.44. The lowest BCUT2D eigenvalue weighted by Crippen LogP contribution is -2.24. The zero-order chi connectivity index (χ0) is 33.1. The van der Waals surface area contributed by atoms with E-state index in [4.69, 9.17) is 14.7 Å². The Labute approximate surface area is 284 Å². The fourth-order valence-electron chi connectivity index (χ4n) is 6.85. The Bertz CT molecular complexity index is 2530. The van der Waals surface area contributed by atoms with E-state index in [1.165, 1.54) is 10.9 Å². The van der Waals surface area contributed by atoms with E-state index in [2.05, 4.69) is 125 Å². The maximum absolute atomic E-state index is 6.60. The fraction of sp³-hybridized carbons (Fsp3) is 0.119. The molecule has 9 rings (SSSR count). The number of benzene rings is 4. The average Bonchev–Trinajstić information content (AvgIpc) is 3.67. The lowest BCUT2D eigenvalue weighted by Gasteiger charge is -2.22. The molecule has 8 aromatic rings. The number of anilines is 4. The summed E-state index contributed by atoms with van der Waals surface area (Å²) in [5, 5.41) is 3.46. The first-order valence-electron chi connectivity index (χ1n) is 16.5. The van der Waals surface area contributed by atoms with Crippen LogP contribution in [0, 0.1) is 0 Å². The highest BCUT2D eigenvalue weighted by Gasteiger charge is 2.29. The lowest BCUT2D eigenvalue weighted by atomic mass is 9.88. The molecule has 0 saturated heterocycles. The number of nitrogens with zero attached hydrogens (tertiary/aromatic N) is 6. The number of ether oxygens (including phenoxy) is 1. The van der Waals surface area contributed by atoms with Crippen LogP contribution in [-0.4, -0.2) is 26.2 Å². The summed E-state index contributed by atoms with van der Waals surface area (Å²) in [4.78, 5) is 18.8. The van der Waals surface area contributed by atoms with E-state index in [1.54, 1.807) is 0 Å². The molecule has 0 unspecified atom stereocenters. The molecule has 0 saturated carbocycles. The minimum atomic E-state index is 0.00464. The van der Waals surface area contributed by atoms with Crippen molar-refractivity contribution < 1.29 is 4.74 Å². The van der Waals surface area contributed by atoms with Gasteiger partial charge < -0.3 is 14.5 Å². The van der Waals surface area contributed by atoms with Crippen molar-refractivity contribution in [2.45, 2.75) is 26.2 Å². The molecule has 49 heavy (non-hydrogen) atoms. The maximum atomic E-state index is 6.60. The largest absolute Gasteiger partial charge is 0.457 e. The van der Waals surface area contributed by atoms with Crippen LogP contribution in [0.25, 0.3) is 38.5 Å². The van der Waals surface area contributed by atoms with Gasteiger partial charge in [0, 0.05) is 46.4 Å². The van der Waals surface area contributed by atoms with Gasteiger partial charge in [0.1, 0.15) is 29.8 Å². The standard InChI is InChI=1S/C42H34N6O/c1-42(2,3)29-19-22-44-41(23-29)48-36-14-7-5-12-33(36)34-17-16-32(25-38(34)48)49-31-11-8-10-30(24-31)46-27-47(37-20-21-43-26-39(37)46)40-18-15-28-9-4-6-13-35(28)45-40/h4-26H,27H2,1-3H3. The summed E-state index contributed by atoms with van der Waals surface area (Å²) in [6.45, 7) is 7.29. The topological polar surface area (TPSA) is 59.3 Å². The minimum absolute atomic E-state index is 0.00464. The molecule has 0 atom stereocenters. The second-order valence-electron chi connectivity index (χ2n) is 13.5. The van der Waals surface area contributed by atoms with E-state index in [0.717, 1.165) is 67.5 Å². The van der Waals surface area contributed by atoms with E-state index in [-0.39, 0.29) is 5.41 Å². The van der Waals surface area contributed by atoms with Crippen molar-refractivity contribution in [2.75, 3.05) is 16.5 Å². The molecule has 0 fully saturated rings. The van der Waals surface area contributed by atoms with Crippen molar-refractivity contribution in [2.24, 2.45) is 0 Å². The molecule has 0 bridgehead atoms. The number of pyridine rings is 3. The Morgan fingerprint density at radius 2 is 1.47 bits per heavy atom. The molecular formula is C42H34N6O. The van der Waals surface area contributed by atoms with Crippen LogP contribution in [0.5, 0.6) is 11.5 Å². The molecule has 238 valence electrons. The summed E-state index contributed by atoms with van der Waals surface area (Å²) in [5.74, 6) is 3.29. The lowest BCUT2D eigenvalue weighted by molar-refractivity contribution is 0.483. The predicted molar refractivity (Wildman–Crippen MR) is 199 cm³/mol. The van der Waals surface area contributed by atoms with Crippen molar-refractivity contribution in [3.63, 3.8) is 0 Å². The first kappa shape index (κ1) is 29.0. The quantitative estimate of drug-likeness (QED) is 0.187. The van der Waals surface area contributed by atoms with Crippen LogP contribution in [-0.2, 0) is 5.41 Å². The van der Waals surface area contributed by atoms with Crippen LogP contribution < -0.4 is 14.5 Å². The minimum Gasteiger partial charge on any atom is -0.457 e. The molecule has 0 aliphatic carbocycles. The van der Waals surface area contributed by atoms with Gasteiger partial charge >= 0.3 is 0 Å². The van der Waals surface area contributed by atoms with Gasteiger partial charge in [0.05, 0.1) is 34.1 Å². The van der Waals surface area contributed by atoms with Gasteiger partial charge in [0.15, 0.2) is 0 Å². The average molecular weight is 639 g/mol. The molecule has 7 heteroatoms. The normalized spacial score (nSPS) is 13.0. The van der Waals surface area contributed by atoms with Crippen LogP contribution >= 0.6 is 0 Å². The molecule has 1 aliphatic rings. The van der Waals surface area contributed by atoms with Crippen molar-refractivity contribution in [1.82, 2.24) is 19.5 Å². The summed E-state index contributed by atoms with van der Waals surface area (Å²) in [5.41, 5.74) is 7.46. The van der Waals surface area contributed by atoms with Gasteiger partial charge in [-0.1, -0.05) is 63.2 Å². The van der Waals surface area contributed by atoms with E-state index >= 15 is 0 Å². The van der Waals surface area contributed by atoms with Crippen LogP contribution in [0.2, 0.25) is 0 Å². The molecule has 7 nitrogen and oxygen atoms in total. The zero-order valence-corrected chi connectivity index (χ0v) is 27.6. The summed E-state index contributed by atoms with van der Waals surface area (Å²) in [6.07, 6.45) is 5.66. The van der Waals surface area contributed by atoms with Crippen LogP contribution in [0.1, 0.15) is 26.3 Å². The second-order valence-corrected chi connectivity index (χ2v) is 13.5. The predicted octanol–water partition coefficient (Wildman–Crippen LogP) is 10.5. The molecular weight excluding hydrogens is 605 g/mol. The number of hydrogen-bond donors (Lipinski definition) is 0. The van der Waals surface area contributed by atoms with Crippen LogP contribution in [0.15, 0.2) is 140 Å². The van der Waals surface area contributed by atoms with E-state index in [9.17, 15) is 0 Å². The number of aromatic nitrogens is 4. The van der Waals surface area contributed by atoms with Gasteiger partial charge in [-0.2, -0.15) is 0 Å². The third-order valence-electron chi connectivity index (χ3n) is 9.35. The molecule has 0 amide bonds. The summed E-state index contributed by atoms with van der Waals surface area (Å²) in [6, 6.07) is 41.8. The summed E-state index contributed by atoms with van der Waals surface area (Å²) < 4.78 is 8.84. The van der Waals surface area contributed by atoms with Gasteiger partial charge in [0.25, 0.3) is 0 Å². The molecule has 0 radical (unpaired) electrons. The van der Waals surface area contributed by atoms with E-state index in [1.807, 2.05) is 55.0 Å². The van der Waals surface area contributed by atoms with Gasteiger partial charge in [-0.25, -0.2) is 9.97 Å². The Morgan fingerprint density at radius 1 is 0.633 bits per heavy atom. The Kier molecular flexibility index (Phi) is 6.62. The van der Waals surface area contributed by atoms with E-state index < -0.39 is 0 Å². The number of rotatable bonds is 5. The highest BCUT2D eigenvalue weighted by molar-refractivity contribution is 6.09. The fourth-order valence-corrected chi connectivity index (χ4v) is 6.85. The third-order valence-corrected chi connectivity index (χ3v) is 9.35. The number of hydrogen-bond acceptors (Lipinski definition) is 6. The molecule has 4 aromatic carbocycles. The third kappa shape index (κ3) is 5.02. The Hall–Kier alpha value is -6.21. The van der Waals surface area contributed by atoms with Gasteiger partial charge in [-0.05, 0) is 77.7 Å². The maximum Gasteiger partial charge on any atom is 0.137 e. The first-order chi connectivity index (χ1) is 23.9. The van der Waals surface area contributed by atoms with E-state index in [0.29, 0.717) is 6.67 Å². The highest BCUT2D eigenvalue weighted by atomic mass is 16.5. The molecule has 0 spiro atoms. The van der Waals surface area contributed by atoms with Crippen molar-refractivity contribution >= 4 is 55.6 Å². The molecule has 5 heterocycles. The molecule has 4 aromatic heterocycles. The van der Waals surface area contributed by atoms with Crippen LogP contribution in [0.3, 0.4) is 0 Å². The van der Waals surface area contributed by atoms with Crippen molar-refractivity contribution in [1.29, 1.82) is 0 Å². The summed E-state index contributed by atoms with van der Waals surface area (Å²) in [7, 11) is 0. The molecule has 1 aliphatic heterocycles.